The van der Waals surface area contributed by atoms with E-state index in [9.17, 15) is 4.79 Å². The number of carbonyl (C=O) groups excluding carboxylic acids is 1. The Morgan fingerprint density at radius 2 is 1.65 bits per heavy atom. The van der Waals surface area contributed by atoms with Crippen molar-refractivity contribution in [2.45, 2.75) is 58.7 Å². The standard InChI is InChI=1S/C27H40ClNO4Si/c1-20-24(31-5)18-22(19-25(20)32-6)26(30)29(15-16-33-34(7,8)27(2,3)4)14-10-12-21-11-9-13-23(28)17-21/h9,11,13,17-19H,10,12,14-16H2,1-8H3. The van der Waals surface area contributed by atoms with E-state index in [1.807, 2.05) is 30.0 Å². The molecule has 0 atom stereocenters. The van der Waals surface area contributed by atoms with E-state index in [2.05, 4.69) is 39.9 Å². The maximum Gasteiger partial charge on any atom is 0.254 e. The molecule has 2 rings (SSSR count). The molecule has 0 saturated heterocycles. The number of nitrogens with zero attached hydrogens (tertiary/aromatic N) is 1. The Morgan fingerprint density at radius 3 is 2.18 bits per heavy atom. The van der Waals surface area contributed by atoms with E-state index < -0.39 is 8.32 Å². The summed E-state index contributed by atoms with van der Waals surface area (Å²) < 4.78 is 17.4. The van der Waals surface area contributed by atoms with Crippen LogP contribution in [-0.2, 0) is 10.8 Å². The van der Waals surface area contributed by atoms with E-state index >= 15 is 0 Å². The molecule has 2 aromatic carbocycles. The molecule has 0 radical (unpaired) electrons. The SMILES string of the molecule is COc1cc(C(=O)N(CCCc2cccc(Cl)c2)CCO[Si](C)(C)C(C)(C)C)cc(OC)c1C. The second kappa shape index (κ2) is 12.1. The molecule has 0 aliphatic rings. The zero-order valence-electron chi connectivity index (χ0n) is 22.0. The van der Waals surface area contributed by atoms with Crippen LogP contribution in [0.15, 0.2) is 36.4 Å². The number of halogens is 1. The van der Waals surface area contributed by atoms with Crippen LogP contribution in [0.2, 0.25) is 23.2 Å². The highest BCUT2D eigenvalue weighted by molar-refractivity contribution is 6.74. The molecule has 0 aliphatic heterocycles. The minimum atomic E-state index is -1.91. The molecule has 0 N–H and O–H groups in total. The minimum Gasteiger partial charge on any atom is -0.496 e. The maximum absolute atomic E-state index is 13.6. The number of rotatable bonds is 11. The maximum atomic E-state index is 13.6. The molecular formula is C27H40ClNO4Si. The summed E-state index contributed by atoms with van der Waals surface area (Å²) in [5, 5.41) is 0.846. The van der Waals surface area contributed by atoms with Gasteiger partial charge in [-0.2, -0.15) is 0 Å². The summed E-state index contributed by atoms with van der Waals surface area (Å²) in [6, 6.07) is 11.5. The molecule has 2 aromatic rings. The summed E-state index contributed by atoms with van der Waals surface area (Å²) in [6.45, 7) is 14.7. The number of benzene rings is 2. The molecule has 0 fully saturated rings. The normalized spacial score (nSPS) is 11.9. The summed E-state index contributed by atoms with van der Waals surface area (Å²) >= 11 is 6.13. The topological polar surface area (TPSA) is 48.0 Å². The Balaban J connectivity index is 2.20. The zero-order chi connectivity index (χ0) is 25.5. The summed E-state index contributed by atoms with van der Waals surface area (Å²) in [7, 11) is 1.30. The van der Waals surface area contributed by atoms with Gasteiger partial charge in [0.2, 0.25) is 0 Å². The third-order valence-corrected chi connectivity index (χ3v) is 11.5. The van der Waals surface area contributed by atoms with Crippen LogP contribution in [0, 0.1) is 6.92 Å². The number of aryl methyl sites for hydroxylation is 1. The van der Waals surface area contributed by atoms with E-state index in [0.29, 0.717) is 36.8 Å². The fourth-order valence-electron chi connectivity index (χ4n) is 3.50. The van der Waals surface area contributed by atoms with Gasteiger partial charge in [0, 0.05) is 29.2 Å². The Labute approximate surface area is 211 Å². The van der Waals surface area contributed by atoms with Crippen molar-refractivity contribution >= 4 is 25.8 Å². The van der Waals surface area contributed by atoms with Crippen molar-refractivity contribution in [2.24, 2.45) is 0 Å². The van der Waals surface area contributed by atoms with Crippen LogP contribution in [-0.4, -0.2) is 53.0 Å². The number of amides is 1. The van der Waals surface area contributed by atoms with Gasteiger partial charge in [0.25, 0.3) is 5.91 Å². The van der Waals surface area contributed by atoms with E-state index in [-0.39, 0.29) is 10.9 Å². The fourth-order valence-corrected chi connectivity index (χ4v) is 4.75. The van der Waals surface area contributed by atoms with Gasteiger partial charge in [-0.05, 0) is 67.7 Å². The quantitative estimate of drug-likeness (QED) is 0.316. The zero-order valence-corrected chi connectivity index (χ0v) is 23.7. The van der Waals surface area contributed by atoms with Crippen molar-refractivity contribution in [1.82, 2.24) is 4.90 Å². The molecule has 0 spiro atoms. The van der Waals surface area contributed by atoms with Gasteiger partial charge >= 0.3 is 0 Å². The molecule has 0 bridgehead atoms. The number of hydrogen-bond donors (Lipinski definition) is 0. The molecule has 7 heteroatoms. The minimum absolute atomic E-state index is 0.0541. The van der Waals surface area contributed by atoms with Gasteiger partial charge in [-0.3, -0.25) is 4.79 Å². The Bertz CT molecular complexity index is 946. The monoisotopic (exact) mass is 505 g/mol. The lowest BCUT2D eigenvalue weighted by Gasteiger charge is -2.37. The summed E-state index contributed by atoms with van der Waals surface area (Å²) in [6.07, 6.45) is 1.67. The van der Waals surface area contributed by atoms with Gasteiger partial charge in [-0.1, -0.05) is 44.5 Å². The smallest absolute Gasteiger partial charge is 0.254 e. The number of hydrogen-bond acceptors (Lipinski definition) is 4. The lowest BCUT2D eigenvalue weighted by Crippen LogP contribution is -2.43. The van der Waals surface area contributed by atoms with Crippen LogP contribution in [0.4, 0.5) is 0 Å². The van der Waals surface area contributed by atoms with Gasteiger partial charge in [-0.15, -0.1) is 0 Å². The van der Waals surface area contributed by atoms with Gasteiger partial charge in [-0.25, -0.2) is 0 Å². The Kier molecular flexibility index (Phi) is 10.0. The fraction of sp³-hybridized carbons (Fsp3) is 0.519. The first kappa shape index (κ1) is 28.2. The summed E-state index contributed by atoms with van der Waals surface area (Å²) in [5.41, 5.74) is 2.58. The predicted molar refractivity (Wildman–Crippen MR) is 143 cm³/mol. The highest BCUT2D eigenvalue weighted by Gasteiger charge is 2.37. The van der Waals surface area contributed by atoms with Crippen LogP contribution in [0.25, 0.3) is 0 Å². The average molecular weight is 506 g/mol. The average Bonchev–Trinajstić information content (AvgIpc) is 2.77. The molecule has 0 saturated carbocycles. The second-order valence-corrected chi connectivity index (χ2v) is 15.4. The Hall–Kier alpha value is -2.02. The van der Waals surface area contributed by atoms with Crippen molar-refractivity contribution in [3.8, 4) is 11.5 Å². The van der Waals surface area contributed by atoms with Crippen molar-refractivity contribution < 1.29 is 18.7 Å². The van der Waals surface area contributed by atoms with E-state index in [1.165, 1.54) is 0 Å². The molecule has 1 amide bonds. The molecule has 188 valence electrons. The van der Waals surface area contributed by atoms with Gasteiger partial charge in [0.1, 0.15) is 11.5 Å². The Morgan fingerprint density at radius 1 is 1.03 bits per heavy atom. The van der Waals surface area contributed by atoms with Crippen molar-refractivity contribution in [3.63, 3.8) is 0 Å². The van der Waals surface area contributed by atoms with Crippen LogP contribution < -0.4 is 9.47 Å². The van der Waals surface area contributed by atoms with Gasteiger partial charge in [0.15, 0.2) is 8.32 Å². The van der Waals surface area contributed by atoms with Crippen molar-refractivity contribution in [1.29, 1.82) is 0 Å². The van der Waals surface area contributed by atoms with Crippen molar-refractivity contribution in [2.75, 3.05) is 33.9 Å². The lowest BCUT2D eigenvalue weighted by molar-refractivity contribution is 0.0722. The predicted octanol–water partition coefficient (Wildman–Crippen LogP) is 6.76. The summed E-state index contributed by atoms with van der Waals surface area (Å²) in [5.74, 6) is 1.22. The largest absolute Gasteiger partial charge is 0.496 e. The first-order valence-corrected chi connectivity index (χ1v) is 15.1. The lowest BCUT2D eigenvalue weighted by atomic mass is 10.1. The number of ether oxygens (including phenoxy) is 2. The molecule has 0 aromatic heterocycles. The van der Waals surface area contributed by atoms with E-state index in [0.717, 1.165) is 29.0 Å². The van der Waals surface area contributed by atoms with Crippen LogP contribution in [0.3, 0.4) is 0 Å². The van der Waals surface area contributed by atoms with Gasteiger partial charge < -0.3 is 18.8 Å². The van der Waals surface area contributed by atoms with E-state index in [1.54, 1.807) is 26.4 Å². The molecule has 0 unspecified atom stereocenters. The molecule has 0 heterocycles. The third kappa shape index (κ3) is 7.49. The highest BCUT2D eigenvalue weighted by atomic mass is 35.5. The molecular weight excluding hydrogens is 466 g/mol. The highest BCUT2D eigenvalue weighted by Crippen LogP contribution is 2.36. The van der Waals surface area contributed by atoms with E-state index in [4.69, 9.17) is 25.5 Å². The first-order chi connectivity index (χ1) is 15.9. The molecule has 5 nitrogen and oxygen atoms in total. The molecule has 34 heavy (non-hydrogen) atoms. The van der Waals surface area contributed by atoms with Gasteiger partial charge in [0.05, 0.1) is 20.8 Å². The summed E-state index contributed by atoms with van der Waals surface area (Å²) in [4.78, 5) is 15.5. The van der Waals surface area contributed by atoms with Crippen molar-refractivity contribution in [3.05, 3.63) is 58.1 Å². The first-order valence-electron chi connectivity index (χ1n) is 11.8. The second-order valence-electron chi connectivity index (χ2n) is 10.1. The third-order valence-electron chi connectivity index (χ3n) is 6.70. The molecule has 0 aliphatic carbocycles. The van der Waals surface area contributed by atoms with Crippen LogP contribution in [0.1, 0.15) is 48.7 Å². The van der Waals surface area contributed by atoms with Crippen LogP contribution >= 0.6 is 11.6 Å². The van der Waals surface area contributed by atoms with Crippen LogP contribution in [0.5, 0.6) is 11.5 Å². The number of methoxy groups -OCH3 is 2. The number of carbonyl (C=O) groups is 1.